The maximum atomic E-state index is 13.1. The first kappa shape index (κ1) is 40.4. The summed E-state index contributed by atoms with van der Waals surface area (Å²) in [6.45, 7) is 9.61. The van der Waals surface area contributed by atoms with Crippen LogP contribution in [-0.2, 0) is 28.6 Å². The molecule has 0 fully saturated rings. The first-order chi connectivity index (χ1) is 27.0. The van der Waals surface area contributed by atoms with Gasteiger partial charge >= 0.3 is 29.5 Å². The summed E-state index contributed by atoms with van der Waals surface area (Å²) in [5, 5.41) is 0.0925. The van der Waals surface area contributed by atoms with Crippen molar-refractivity contribution in [2.75, 3.05) is 33.5 Å². The minimum Gasteiger partial charge on any atom is -0.493 e. The van der Waals surface area contributed by atoms with Crippen molar-refractivity contribution in [2.24, 2.45) is 0 Å². The van der Waals surface area contributed by atoms with E-state index < -0.39 is 35.1 Å². The number of methoxy groups -OCH3 is 1. The summed E-state index contributed by atoms with van der Waals surface area (Å²) in [4.78, 5) is 65.7. The fraction of sp³-hybridized carbons (Fsp3) is 0.238. The van der Waals surface area contributed by atoms with Gasteiger partial charge in [0, 0.05) is 30.6 Å². The van der Waals surface area contributed by atoms with Crippen LogP contribution < -0.4 is 24.6 Å². The molecule has 1 aliphatic rings. The number of benzene rings is 3. The van der Waals surface area contributed by atoms with Gasteiger partial charge in [-0.05, 0) is 80.1 Å². The molecule has 3 aromatic carbocycles. The topological polar surface area (TPSA) is 176 Å². The van der Waals surface area contributed by atoms with Crippen molar-refractivity contribution in [1.29, 1.82) is 0 Å². The fourth-order valence-electron chi connectivity index (χ4n) is 5.18. The van der Waals surface area contributed by atoms with Crippen molar-refractivity contribution in [3.63, 3.8) is 0 Å². The van der Waals surface area contributed by atoms with Crippen molar-refractivity contribution in [2.45, 2.75) is 31.8 Å². The van der Waals surface area contributed by atoms with Crippen molar-refractivity contribution < 1.29 is 56.8 Å². The molecule has 1 heterocycles. The lowest BCUT2D eigenvalue weighted by Crippen LogP contribution is -2.29. The zero-order chi connectivity index (χ0) is 40.1. The molecule has 1 aliphatic carbocycles. The number of hydrogen-bond acceptors (Lipinski definition) is 14. The highest BCUT2D eigenvalue weighted by Crippen LogP contribution is 2.33. The molecule has 0 radical (unpaired) electrons. The Labute approximate surface area is 321 Å². The smallest absolute Gasteiger partial charge is 0.347 e. The first-order valence-corrected chi connectivity index (χ1v) is 17.4. The van der Waals surface area contributed by atoms with E-state index in [4.69, 9.17) is 37.6 Å². The summed E-state index contributed by atoms with van der Waals surface area (Å²) in [6.07, 6.45) is 8.66. The molecule has 0 bridgehead atoms. The van der Waals surface area contributed by atoms with Crippen molar-refractivity contribution in [3.8, 4) is 34.5 Å². The van der Waals surface area contributed by atoms with Crippen LogP contribution in [-0.4, -0.2) is 68.0 Å². The van der Waals surface area contributed by atoms with Gasteiger partial charge in [-0.15, -0.1) is 0 Å². The third-order valence-electron chi connectivity index (χ3n) is 8.19. The molecule has 4 aromatic rings. The molecule has 0 aliphatic heterocycles. The monoisotopic (exact) mass is 765 g/mol. The number of ether oxygens (including phenoxy) is 7. The zero-order valence-electron chi connectivity index (χ0n) is 30.8. The van der Waals surface area contributed by atoms with Crippen LogP contribution in [0.2, 0.25) is 0 Å². The minimum atomic E-state index is -0.718. The average molecular weight is 766 g/mol. The van der Waals surface area contributed by atoms with Gasteiger partial charge in [-0.25, -0.2) is 29.0 Å². The van der Waals surface area contributed by atoms with Crippen LogP contribution >= 0.6 is 0 Å². The number of aromatic nitrogens is 1. The number of hydrogen-bond donors (Lipinski definition) is 0. The molecule has 1 aromatic heterocycles. The zero-order valence-corrected chi connectivity index (χ0v) is 30.8. The lowest BCUT2D eigenvalue weighted by molar-refractivity contribution is -0.139. The number of nitrogens with zero attached hydrogens (tertiary/aromatic N) is 1. The summed E-state index contributed by atoms with van der Waals surface area (Å²) in [7, 11) is 1.40. The van der Waals surface area contributed by atoms with E-state index in [-0.39, 0.29) is 52.8 Å². The molecule has 290 valence electrons. The predicted octanol–water partition coefficient (Wildman–Crippen LogP) is 6.27. The quantitative estimate of drug-likeness (QED) is 0.0480. The Kier molecular flexibility index (Phi) is 13.7. The number of rotatable bonds is 18. The van der Waals surface area contributed by atoms with Crippen LogP contribution in [0.5, 0.6) is 23.0 Å². The van der Waals surface area contributed by atoms with E-state index in [0.29, 0.717) is 49.4 Å². The Balaban J connectivity index is 1.17. The molecule has 0 spiro atoms. The van der Waals surface area contributed by atoms with Crippen LogP contribution in [0.25, 0.3) is 22.4 Å². The average Bonchev–Trinajstić information content (AvgIpc) is 3.21. The number of carbonyl (C=O) groups is 4. The van der Waals surface area contributed by atoms with E-state index in [1.807, 2.05) is 6.92 Å². The largest absolute Gasteiger partial charge is 0.493 e. The molecule has 0 saturated heterocycles. The molecular weight excluding hydrogens is 726 g/mol. The van der Waals surface area contributed by atoms with E-state index in [9.17, 15) is 24.0 Å². The Morgan fingerprint density at radius 1 is 0.821 bits per heavy atom. The molecule has 14 nitrogen and oxygen atoms in total. The second-order valence-electron chi connectivity index (χ2n) is 12.3. The lowest BCUT2D eigenvalue weighted by Gasteiger charge is -2.28. The lowest BCUT2D eigenvalue weighted by atomic mass is 9.93. The van der Waals surface area contributed by atoms with E-state index in [0.717, 1.165) is 12.2 Å². The molecule has 0 N–H and O–H groups in total. The summed E-state index contributed by atoms with van der Waals surface area (Å²) < 4.78 is 43.5. The van der Waals surface area contributed by atoms with E-state index in [2.05, 4.69) is 18.1 Å². The number of esters is 4. The van der Waals surface area contributed by atoms with Gasteiger partial charge in [0.1, 0.15) is 11.5 Å². The van der Waals surface area contributed by atoms with Gasteiger partial charge in [-0.2, -0.15) is 0 Å². The number of fused-ring (bicyclic) bond motifs is 1. The van der Waals surface area contributed by atoms with E-state index in [1.165, 1.54) is 37.4 Å². The van der Waals surface area contributed by atoms with Crippen LogP contribution in [0, 0.1) is 0 Å². The second-order valence-corrected chi connectivity index (χ2v) is 12.3. The van der Waals surface area contributed by atoms with Crippen molar-refractivity contribution in [3.05, 3.63) is 126 Å². The third-order valence-corrected chi connectivity index (χ3v) is 8.19. The highest BCUT2D eigenvalue weighted by molar-refractivity contribution is 5.94. The molecule has 0 saturated carbocycles. The summed E-state index contributed by atoms with van der Waals surface area (Å²) in [5.41, 5.74) is -0.127. The number of carbonyl (C=O) groups excluding carboxylic acids is 4. The Hall–Kier alpha value is -6.80. The maximum absolute atomic E-state index is 13.1. The highest BCUT2D eigenvalue weighted by Gasteiger charge is 2.26. The first-order valence-electron chi connectivity index (χ1n) is 17.4. The van der Waals surface area contributed by atoms with Gasteiger partial charge in [0.2, 0.25) is 5.89 Å². The van der Waals surface area contributed by atoms with Gasteiger partial charge in [0.25, 0.3) is 0 Å². The van der Waals surface area contributed by atoms with Crippen molar-refractivity contribution in [1.82, 2.24) is 4.98 Å². The summed E-state index contributed by atoms with van der Waals surface area (Å²) >= 11 is 0. The summed E-state index contributed by atoms with van der Waals surface area (Å²) in [6, 6.07) is 15.3. The molecular formula is C42H39NO13. The van der Waals surface area contributed by atoms with E-state index in [1.54, 1.807) is 48.6 Å². The normalized spacial score (nSPS) is 14.6. The van der Waals surface area contributed by atoms with Gasteiger partial charge in [-0.1, -0.05) is 25.3 Å². The minimum absolute atomic E-state index is 0.0154. The van der Waals surface area contributed by atoms with Gasteiger partial charge in [0.15, 0.2) is 11.5 Å². The molecule has 56 heavy (non-hydrogen) atoms. The van der Waals surface area contributed by atoms with Gasteiger partial charge < -0.3 is 37.6 Å². The standard InChI is InChI=1S/C42H39NO13/c1-5-36(44)51-22-7-21-50-30-12-9-27(10-13-30)40(47)55-34-16-11-29(25-35(34)49-4)38-43-33-15-14-31(26-32(33)41(48)56-38)54-39(46)28-17-19-42(3,20-18-28)53-24-8-23-52-37(45)6-2/h5-6,9-19,25-26H,1-2,7-8,20-24H2,3-4H3. The Bertz CT molecular complexity index is 2240. The van der Waals surface area contributed by atoms with E-state index >= 15 is 0 Å². The molecule has 1 atom stereocenters. The third kappa shape index (κ3) is 10.9. The predicted molar refractivity (Wildman–Crippen MR) is 203 cm³/mol. The Morgan fingerprint density at radius 3 is 2.18 bits per heavy atom. The van der Waals surface area contributed by atoms with Crippen LogP contribution in [0.4, 0.5) is 0 Å². The van der Waals surface area contributed by atoms with Gasteiger partial charge in [-0.3, -0.25) is 0 Å². The van der Waals surface area contributed by atoms with Crippen molar-refractivity contribution >= 4 is 34.8 Å². The molecule has 5 rings (SSSR count). The molecule has 0 amide bonds. The van der Waals surface area contributed by atoms with Crippen LogP contribution in [0.1, 0.15) is 36.5 Å². The molecule has 14 heteroatoms. The fourth-order valence-corrected chi connectivity index (χ4v) is 5.18. The van der Waals surface area contributed by atoms with Gasteiger partial charge in [0.05, 0.1) is 61.2 Å². The Morgan fingerprint density at radius 2 is 1.52 bits per heavy atom. The summed E-state index contributed by atoms with van der Waals surface area (Å²) in [5.74, 6) is -1.33. The maximum Gasteiger partial charge on any atom is 0.347 e. The SMILES string of the molecule is C=CC(=O)OCCCOc1ccc(C(=O)Oc2ccc(-c3nc4ccc(OC(=O)C5=CCC(C)(OCCCOC(=O)C=C)C=C5)cc4c(=O)o3)cc2OC)cc1. The highest BCUT2D eigenvalue weighted by atomic mass is 16.6. The van der Waals surface area contributed by atoms with Crippen LogP contribution in [0.3, 0.4) is 0 Å². The second kappa shape index (κ2) is 19.0. The van der Waals surface area contributed by atoms with Crippen LogP contribution in [0.15, 0.2) is 119 Å². The molecule has 1 unspecified atom stereocenters.